The number of ether oxygens (including phenoxy) is 1. The van der Waals surface area contributed by atoms with Gasteiger partial charge in [0.15, 0.2) is 5.78 Å². The van der Waals surface area contributed by atoms with Crippen molar-refractivity contribution in [3.05, 3.63) is 24.1 Å². The second-order valence-electron chi connectivity index (χ2n) is 2.26. The van der Waals surface area contributed by atoms with Gasteiger partial charge < -0.3 is 10.1 Å². The molecule has 1 N–H and O–H groups in total. The smallest absolute Gasteiger partial charge is 0.164 e. The summed E-state index contributed by atoms with van der Waals surface area (Å²) in [5.41, 5.74) is 0.486. The van der Waals surface area contributed by atoms with Crippen molar-refractivity contribution in [1.82, 2.24) is 5.32 Å². The van der Waals surface area contributed by atoms with E-state index in [2.05, 4.69) is 11.9 Å². The Kier molecular flexibility index (Phi) is 4.84. The Morgan fingerprint density at radius 3 is 2.58 bits per heavy atom. The third-order valence-corrected chi connectivity index (χ3v) is 1.29. The summed E-state index contributed by atoms with van der Waals surface area (Å²) >= 11 is 0. The average molecular weight is 169 g/mol. The van der Waals surface area contributed by atoms with Gasteiger partial charge in [0, 0.05) is 13.2 Å². The highest BCUT2D eigenvalue weighted by Gasteiger charge is 2.07. The lowest BCUT2D eigenvalue weighted by molar-refractivity contribution is -0.113. The first kappa shape index (κ1) is 10.8. The molecule has 0 amide bonds. The van der Waals surface area contributed by atoms with Crippen LogP contribution in [0.5, 0.6) is 0 Å². The number of hydrogen-bond donors (Lipinski definition) is 1. The van der Waals surface area contributed by atoms with E-state index in [-0.39, 0.29) is 5.78 Å². The van der Waals surface area contributed by atoms with Crippen molar-refractivity contribution in [2.45, 2.75) is 13.8 Å². The van der Waals surface area contributed by atoms with Gasteiger partial charge >= 0.3 is 0 Å². The molecule has 0 bridgehead atoms. The Bertz CT molecular complexity index is 207. The van der Waals surface area contributed by atoms with Gasteiger partial charge in [0.1, 0.15) is 5.76 Å². The lowest BCUT2D eigenvalue weighted by Crippen LogP contribution is -2.07. The Labute approximate surface area is 73.1 Å². The molecule has 0 aromatic carbocycles. The molecule has 0 saturated heterocycles. The van der Waals surface area contributed by atoms with Gasteiger partial charge in [0.05, 0.1) is 12.2 Å². The van der Waals surface area contributed by atoms with E-state index in [4.69, 9.17) is 4.74 Å². The van der Waals surface area contributed by atoms with Gasteiger partial charge in [-0.05, 0) is 13.8 Å². The van der Waals surface area contributed by atoms with E-state index in [1.54, 1.807) is 13.2 Å². The Hall–Kier alpha value is -1.25. The minimum Gasteiger partial charge on any atom is -0.494 e. The Morgan fingerprint density at radius 1 is 1.67 bits per heavy atom. The molecule has 0 atom stereocenters. The van der Waals surface area contributed by atoms with E-state index in [9.17, 15) is 4.79 Å². The molecule has 3 nitrogen and oxygen atoms in total. The highest BCUT2D eigenvalue weighted by Crippen LogP contribution is 2.08. The van der Waals surface area contributed by atoms with Crippen molar-refractivity contribution >= 4 is 5.78 Å². The van der Waals surface area contributed by atoms with Crippen LogP contribution in [-0.4, -0.2) is 19.4 Å². The zero-order valence-electron chi connectivity index (χ0n) is 7.81. The SMILES string of the molecule is C=C(OCC)/C(=C/NC)C(C)=O. The molecule has 0 unspecified atom stereocenters. The van der Waals surface area contributed by atoms with Crippen molar-refractivity contribution in [1.29, 1.82) is 0 Å². The van der Waals surface area contributed by atoms with Crippen LogP contribution in [0.15, 0.2) is 24.1 Å². The second kappa shape index (κ2) is 5.41. The van der Waals surface area contributed by atoms with Crippen LogP contribution in [-0.2, 0) is 9.53 Å². The quantitative estimate of drug-likeness (QED) is 0.382. The minimum absolute atomic E-state index is 0.0530. The molecule has 0 aliphatic rings. The van der Waals surface area contributed by atoms with E-state index < -0.39 is 0 Å². The number of nitrogens with one attached hydrogen (secondary N) is 1. The van der Waals surface area contributed by atoms with Gasteiger partial charge in [-0.3, -0.25) is 4.79 Å². The molecule has 68 valence electrons. The summed E-state index contributed by atoms with van der Waals surface area (Å²) < 4.78 is 5.09. The third kappa shape index (κ3) is 3.23. The predicted molar refractivity (Wildman–Crippen MR) is 48.6 cm³/mol. The lowest BCUT2D eigenvalue weighted by atomic mass is 10.2. The molecule has 0 aromatic heterocycles. The maximum absolute atomic E-state index is 11.0. The average Bonchev–Trinajstić information content (AvgIpc) is 1.99. The first-order valence-corrected chi connectivity index (χ1v) is 3.83. The zero-order chi connectivity index (χ0) is 9.56. The summed E-state index contributed by atoms with van der Waals surface area (Å²) in [6.07, 6.45) is 1.58. The normalized spacial score (nSPS) is 10.8. The van der Waals surface area contributed by atoms with Crippen molar-refractivity contribution in [2.24, 2.45) is 0 Å². The number of allylic oxidation sites excluding steroid dienone is 1. The first-order valence-electron chi connectivity index (χ1n) is 3.83. The van der Waals surface area contributed by atoms with Crippen LogP contribution >= 0.6 is 0 Å². The number of Topliss-reactive ketones (excluding diaryl/α,β-unsaturated/α-hetero) is 1. The van der Waals surface area contributed by atoms with E-state index in [1.165, 1.54) is 6.92 Å². The van der Waals surface area contributed by atoms with Crippen molar-refractivity contribution in [3.63, 3.8) is 0 Å². The summed E-state index contributed by atoms with van der Waals surface area (Å²) in [7, 11) is 1.72. The number of hydrogen-bond acceptors (Lipinski definition) is 3. The molecular formula is C9H15NO2. The van der Waals surface area contributed by atoms with Gasteiger partial charge in [0.2, 0.25) is 0 Å². The van der Waals surface area contributed by atoms with Crippen LogP contribution in [0.1, 0.15) is 13.8 Å². The van der Waals surface area contributed by atoms with Crippen LogP contribution in [0.2, 0.25) is 0 Å². The summed E-state index contributed by atoms with van der Waals surface area (Å²) in [5.74, 6) is 0.363. The van der Waals surface area contributed by atoms with E-state index in [1.807, 2.05) is 6.92 Å². The van der Waals surface area contributed by atoms with Crippen molar-refractivity contribution in [2.75, 3.05) is 13.7 Å². The topological polar surface area (TPSA) is 38.3 Å². The monoisotopic (exact) mass is 169 g/mol. The molecule has 0 aliphatic heterocycles. The minimum atomic E-state index is -0.0530. The summed E-state index contributed by atoms with van der Waals surface area (Å²) in [4.78, 5) is 11.0. The molecule has 0 rings (SSSR count). The maximum Gasteiger partial charge on any atom is 0.164 e. The Morgan fingerprint density at radius 2 is 2.25 bits per heavy atom. The predicted octanol–water partition coefficient (Wildman–Crippen LogP) is 1.23. The molecular weight excluding hydrogens is 154 g/mol. The number of ketones is 1. The van der Waals surface area contributed by atoms with Crippen molar-refractivity contribution < 1.29 is 9.53 Å². The first-order chi connectivity index (χ1) is 5.63. The fourth-order valence-corrected chi connectivity index (χ4v) is 0.775. The van der Waals surface area contributed by atoms with E-state index in [0.717, 1.165) is 0 Å². The van der Waals surface area contributed by atoms with Crippen molar-refractivity contribution in [3.8, 4) is 0 Å². The summed E-state index contributed by atoms with van der Waals surface area (Å²) in [6, 6.07) is 0. The maximum atomic E-state index is 11.0. The third-order valence-electron chi connectivity index (χ3n) is 1.29. The molecule has 0 spiro atoms. The fraction of sp³-hybridized carbons (Fsp3) is 0.444. The fourth-order valence-electron chi connectivity index (χ4n) is 0.775. The van der Waals surface area contributed by atoms with Crippen LogP contribution in [0.3, 0.4) is 0 Å². The van der Waals surface area contributed by atoms with Crippen LogP contribution in [0, 0.1) is 0 Å². The second-order valence-corrected chi connectivity index (χ2v) is 2.26. The molecule has 0 radical (unpaired) electrons. The van der Waals surface area contributed by atoms with E-state index in [0.29, 0.717) is 17.9 Å². The number of rotatable bonds is 5. The van der Waals surface area contributed by atoms with Crippen LogP contribution < -0.4 is 5.32 Å². The standard InChI is InChI=1S/C9H15NO2/c1-5-12-8(3)9(6-10-4)7(2)11/h6,10H,3,5H2,1-2,4H3/b9-6+. The summed E-state index contributed by atoms with van der Waals surface area (Å²) in [5, 5.41) is 2.76. The highest BCUT2D eigenvalue weighted by atomic mass is 16.5. The van der Waals surface area contributed by atoms with Crippen LogP contribution in [0.4, 0.5) is 0 Å². The van der Waals surface area contributed by atoms with Gasteiger partial charge in [-0.15, -0.1) is 0 Å². The van der Waals surface area contributed by atoms with Crippen LogP contribution in [0.25, 0.3) is 0 Å². The molecule has 0 aliphatic carbocycles. The van der Waals surface area contributed by atoms with Gasteiger partial charge in [-0.2, -0.15) is 0 Å². The molecule has 0 aromatic rings. The largest absolute Gasteiger partial charge is 0.494 e. The highest BCUT2D eigenvalue weighted by molar-refractivity contribution is 5.96. The number of carbonyl (C=O) groups is 1. The molecule has 0 heterocycles. The van der Waals surface area contributed by atoms with Gasteiger partial charge in [-0.25, -0.2) is 0 Å². The van der Waals surface area contributed by atoms with Gasteiger partial charge in [0.25, 0.3) is 0 Å². The Balaban J connectivity index is 4.41. The zero-order valence-corrected chi connectivity index (χ0v) is 7.81. The van der Waals surface area contributed by atoms with E-state index >= 15 is 0 Å². The molecule has 0 saturated carbocycles. The van der Waals surface area contributed by atoms with Gasteiger partial charge in [-0.1, -0.05) is 6.58 Å². The molecule has 12 heavy (non-hydrogen) atoms. The molecule has 0 fully saturated rings. The number of carbonyl (C=O) groups excluding carboxylic acids is 1. The molecule has 3 heteroatoms. The summed E-state index contributed by atoms with van der Waals surface area (Å²) in [6.45, 7) is 7.48. The lowest BCUT2D eigenvalue weighted by Gasteiger charge is -2.07.